The molecule has 0 saturated heterocycles. The van der Waals surface area contributed by atoms with Gasteiger partial charge in [-0.05, 0) is 24.7 Å². The van der Waals surface area contributed by atoms with Crippen LogP contribution in [0, 0.1) is 11.8 Å². The summed E-state index contributed by atoms with van der Waals surface area (Å²) in [7, 11) is 0. The lowest BCUT2D eigenvalue weighted by Gasteiger charge is -2.26. The maximum atomic E-state index is 10.2. The van der Waals surface area contributed by atoms with Gasteiger partial charge in [0.15, 0.2) is 0 Å². The van der Waals surface area contributed by atoms with Crippen molar-refractivity contribution in [1.82, 2.24) is 5.32 Å². The molecule has 0 aromatic carbocycles. The fraction of sp³-hybridized carbons (Fsp3) is 0.750. The Morgan fingerprint density at radius 2 is 2.33 bits per heavy atom. The fourth-order valence-electron chi connectivity index (χ4n) is 2.32. The predicted octanol–water partition coefficient (Wildman–Crippen LogP) is 2.39. The molecule has 86 valence electrons. The molecule has 0 bridgehead atoms. The summed E-state index contributed by atoms with van der Waals surface area (Å²) in [6.07, 6.45) is 9.24. The first-order valence-corrected chi connectivity index (χ1v) is 5.81. The average Bonchev–Trinajstić information content (AvgIpc) is 2.17. The van der Waals surface area contributed by atoms with Gasteiger partial charge in [0.25, 0.3) is 0 Å². The average molecular weight is 211 g/mol. The minimum Gasteiger partial charge on any atom is -0.478 e. The molecule has 1 aliphatic rings. The van der Waals surface area contributed by atoms with Crippen molar-refractivity contribution in [1.29, 1.82) is 0 Å². The van der Waals surface area contributed by atoms with Gasteiger partial charge in [-0.1, -0.05) is 26.2 Å². The fourth-order valence-corrected chi connectivity index (χ4v) is 2.32. The first kappa shape index (κ1) is 12.1. The number of carboxylic acid groups (broad SMARTS) is 1. The second-order valence-corrected chi connectivity index (χ2v) is 4.55. The van der Waals surface area contributed by atoms with Crippen LogP contribution in [0.4, 0.5) is 0 Å². The number of nitrogens with one attached hydrogen (secondary N) is 1. The highest BCUT2D eigenvalue weighted by atomic mass is 16.4. The van der Waals surface area contributed by atoms with Gasteiger partial charge in [0.2, 0.25) is 0 Å². The summed E-state index contributed by atoms with van der Waals surface area (Å²) >= 11 is 0. The highest BCUT2D eigenvalue weighted by Crippen LogP contribution is 2.30. The minimum atomic E-state index is -0.895. The molecule has 15 heavy (non-hydrogen) atoms. The van der Waals surface area contributed by atoms with E-state index < -0.39 is 5.97 Å². The van der Waals surface area contributed by atoms with Crippen LogP contribution in [0.3, 0.4) is 0 Å². The molecule has 1 aliphatic carbocycles. The number of carbonyl (C=O) groups is 1. The summed E-state index contributed by atoms with van der Waals surface area (Å²) in [5.74, 6) is 0.812. The molecular weight excluding hydrogens is 190 g/mol. The summed E-state index contributed by atoms with van der Waals surface area (Å²) in [4.78, 5) is 10.2. The second kappa shape index (κ2) is 6.49. The number of aliphatic carboxylic acids is 1. The van der Waals surface area contributed by atoms with Crippen LogP contribution < -0.4 is 5.32 Å². The minimum absolute atomic E-state index is 0.833. The number of rotatable bonds is 5. The van der Waals surface area contributed by atoms with Gasteiger partial charge in [0.1, 0.15) is 0 Å². The van der Waals surface area contributed by atoms with E-state index in [1.165, 1.54) is 31.9 Å². The van der Waals surface area contributed by atoms with E-state index in [2.05, 4.69) is 12.2 Å². The van der Waals surface area contributed by atoms with Gasteiger partial charge in [-0.25, -0.2) is 4.79 Å². The molecule has 2 N–H and O–H groups in total. The Hall–Kier alpha value is -0.990. The normalized spacial score (nSPS) is 26.7. The highest BCUT2D eigenvalue weighted by molar-refractivity contribution is 5.79. The van der Waals surface area contributed by atoms with E-state index in [1.54, 1.807) is 0 Å². The Bertz CT molecular complexity index is 226. The monoisotopic (exact) mass is 211 g/mol. The van der Waals surface area contributed by atoms with Gasteiger partial charge < -0.3 is 10.4 Å². The van der Waals surface area contributed by atoms with E-state index in [0.717, 1.165) is 30.9 Å². The maximum Gasteiger partial charge on any atom is 0.329 e. The van der Waals surface area contributed by atoms with Gasteiger partial charge in [-0.15, -0.1) is 0 Å². The summed E-state index contributed by atoms with van der Waals surface area (Å²) in [5, 5.41) is 11.4. The second-order valence-electron chi connectivity index (χ2n) is 4.55. The molecular formula is C12H21NO2. The molecule has 3 nitrogen and oxygen atoms in total. The molecule has 0 radical (unpaired) electrons. The molecule has 0 aromatic rings. The molecule has 0 aliphatic heterocycles. The largest absolute Gasteiger partial charge is 0.478 e. The summed E-state index contributed by atoms with van der Waals surface area (Å²) in [6, 6.07) is 0. The maximum absolute atomic E-state index is 10.2. The quantitative estimate of drug-likeness (QED) is 0.542. The number of hydrogen-bond acceptors (Lipinski definition) is 2. The lowest BCUT2D eigenvalue weighted by Crippen LogP contribution is -2.18. The van der Waals surface area contributed by atoms with E-state index in [9.17, 15) is 4.79 Å². The molecule has 0 amide bonds. The van der Waals surface area contributed by atoms with Gasteiger partial charge in [0, 0.05) is 18.8 Å². The van der Waals surface area contributed by atoms with Crippen molar-refractivity contribution in [2.75, 3.05) is 6.54 Å². The van der Waals surface area contributed by atoms with Crippen molar-refractivity contribution in [2.45, 2.75) is 39.0 Å². The molecule has 2 unspecified atom stereocenters. The third-order valence-corrected chi connectivity index (χ3v) is 3.09. The van der Waals surface area contributed by atoms with Crippen molar-refractivity contribution in [3.63, 3.8) is 0 Å². The summed E-state index contributed by atoms with van der Waals surface area (Å²) < 4.78 is 0. The van der Waals surface area contributed by atoms with Crippen molar-refractivity contribution < 1.29 is 9.90 Å². The van der Waals surface area contributed by atoms with Crippen LogP contribution in [0.15, 0.2) is 12.3 Å². The van der Waals surface area contributed by atoms with Gasteiger partial charge in [-0.2, -0.15) is 0 Å². The van der Waals surface area contributed by atoms with Crippen molar-refractivity contribution >= 4 is 5.97 Å². The van der Waals surface area contributed by atoms with Crippen LogP contribution in [0.25, 0.3) is 0 Å². The molecule has 1 rings (SSSR count). The van der Waals surface area contributed by atoms with Crippen molar-refractivity contribution in [3.05, 3.63) is 12.3 Å². The Labute approximate surface area is 91.6 Å². The van der Waals surface area contributed by atoms with E-state index in [1.807, 2.05) is 0 Å². The molecule has 0 heterocycles. The molecule has 1 saturated carbocycles. The van der Waals surface area contributed by atoms with Crippen LogP contribution >= 0.6 is 0 Å². The van der Waals surface area contributed by atoms with Crippen LogP contribution in [0.1, 0.15) is 39.0 Å². The SMILES string of the molecule is CC1CCCC(CCN/C=C/C(=O)O)C1. The van der Waals surface area contributed by atoms with E-state index in [4.69, 9.17) is 5.11 Å². The van der Waals surface area contributed by atoms with Crippen LogP contribution in [0.5, 0.6) is 0 Å². The summed E-state index contributed by atoms with van der Waals surface area (Å²) in [6.45, 7) is 3.21. The van der Waals surface area contributed by atoms with Gasteiger partial charge in [-0.3, -0.25) is 0 Å². The molecule has 0 spiro atoms. The van der Waals surface area contributed by atoms with Crippen LogP contribution in [-0.2, 0) is 4.79 Å². The Morgan fingerprint density at radius 3 is 3.00 bits per heavy atom. The zero-order valence-electron chi connectivity index (χ0n) is 9.41. The standard InChI is InChI=1S/C12H21NO2/c1-10-3-2-4-11(9-10)5-7-13-8-6-12(14)15/h6,8,10-11,13H,2-5,7,9H2,1H3,(H,14,15)/b8-6+. The van der Waals surface area contributed by atoms with E-state index in [-0.39, 0.29) is 0 Å². The van der Waals surface area contributed by atoms with Crippen molar-refractivity contribution in [2.24, 2.45) is 11.8 Å². The van der Waals surface area contributed by atoms with E-state index >= 15 is 0 Å². The lowest BCUT2D eigenvalue weighted by atomic mass is 9.81. The Balaban J connectivity index is 2.06. The van der Waals surface area contributed by atoms with Gasteiger partial charge in [0.05, 0.1) is 0 Å². The van der Waals surface area contributed by atoms with E-state index in [0.29, 0.717) is 0 Å². The number of carboxylic acids is 1. The predicted molar refractivity (Wildman–Crippen MR) is 60.5 cm³/mol. The first-order valence-electron chi connectivity index (χ1n) is 5.81. The molecule has 0 aromatic heterocycles. The molecule has 2 atom stereocenters. The Morgan fingerprint density at radius 1 is 1.53 bits per heavy atom. The van der Waals surface area contributed by atoms with Gasteiger partial charge >= 0.3 is 5.97 Å². The Kier molecular flexibility index (Phi) is 5.22. The topological polar surface area (TPSA) is 49.3 Å². The first-order chi connectivity index (χ1) is 7.18. The lowest BCUT2D eigenvalue weighted by molar-refractivity contribution is -0.131. The third kappa shape index (κ3) is 5.45. The highest BCUT2D eigenvalue weighted by Gasteiger charge is 2.17. The zero-order chi connectivity index (χ0) is 11.1. The smallest absolute Gasteiger partial charge is 0.329 e. The van der Waals surface area contributed by atoms with Crippen LogP contribution in [-0.4, -0.2) is 17.6 Å². The molecule has 3 heteroatoms. The van der Waals surface area contributed by atoms with Crippen molar-refractivity contribution in [3.8, 4) is 0 Å². The molecule has 1 fully saturated rings. The summed E-state index contributed by atoms with van der Waals surface area (Å²) in [5.41, 5.74) is 0. The van der Waals surface area contributed by atoms with Crippen LogP contribution in [0.2, 0.25) is 0 Å². The number of hydrogen-bond donors (Lipinski definition) is 2. The zero-order valence-corrected chi connectivity index (χ0v) is 9.41. The third-order valence-electron chi connectivity index (χ3n) is 3.09.